The Hall–Kier alpha value is -0.640. The van der Waals surface area contributed by atoms with Gasteiger partial charge < -0.3 is 15.3 Å². The van der Waals surface area contributed by atoms with E-state index >= 15 is 0 Å². The highest BCUT2D eigenvalue weighted by atomic mass is 16.3. The van der Waals surface area contributed by atoms with Gasteiger partial charge in [0, 0.05) is 0 Å². The van der Waals surface area contributed by atoms with E-state index in [2.05, 4.69) is 40.7 Å². The van der Waals surface area contributed by atoms with E-state index in [9.17, 15) is 15.3 Å². The minimum Gasteiger partial charge on any atom is -0.393 e. The Bertz CT molecular complexity index is 789. The van der Waals surface area contributed by atoms with Gasteiger partial charge in [-0.15, -0.1) is 0 Å². The van der Waals surface area contributed by atoms with Crippen LogP contribution in [-0.4, -0.2) is 33.1 Å². The highest BCUT2D eigenvalue weighted by Crippen LogP contribution is 2.66. The van der Waals surface area contributed by atoms with Crippen LogP contribution in [-0.2, 0) is 0 Å². The van der Waals surface area contributed by atoms with Crippen molar-refractivity contribution in [3.05, 3.63) is 22.8 Å². The maximum atomic E-state index is 11.3. The fourth-order valence-electron chi connectivity index (χ4n) is 8.59. The van der Waals surface area contributed by atoms with Crippen LogP contribution in [0.3, 0.4) is 0 Å². The third-order valence-corrected chi connectivity index (χ3v) is 11.2. The minimum absolute atomic E-state index is 0.0224. The van der Waals surface area contributed by atoms with Gasteiger partial charge in [-0.05, 0) is 118 Å². The molecule has 4 aliphatic carbocycles. The molecule has 3 fully saturated rings. The Balaban J connectivity index is 1.60. The van der Waals surface area contributed by atoms with E-state index in [1.807, 2.05) is 13.8 Å². The van der Waals surface area contributed by atoms with Crippen molar-refractivity contribution < 1.29 is 15.3 Å². The zero-order valence-corrected chi connectivity index (χ0v) is 21.6. The van der Waals surface area contributed by atoms with Gasteiger partial charge in [0.25, 0.3) is 0 Å². The molecule has 3 N–H and O–H groups in total. The summed E-state index contributed by atoms with van der Waals surface area (Å²) in [7, 11) is 0. The lowest BCUT2D eigenvalue weighted by Crippen LogP contribution is -2.49. The lowest BCUT2D eigenvalue weighted by Gasteiger charge is -2.57. The van der Waals surface area contributed by atoms with Crippen LogP contribution >= 0.6 is 0 Å². The van der Waals surface area contributed by atoms with Crippen molar-refractivity contribution in [3.63, 3.8) is 0 Å². The van der Waals surface area contributed by atoms with Crippen LogP contribution < -0.4 is 0 Å². The van der Waals surface area contributed by atoms with E-state index in [1.54, 1.807) is 0 Å². The van der Waals surface area contributed by atoms with Crippen LogP contribution in [0.15, 0.2) is 22.8 Å². The van der Waals surface area contributed by atoms with Crippen molar-refractivity contribution >= 4 is 0 Å². The van der Waals surface area contributed by atoms with Gasteiger partial charge in [0.05, 0.1) is 17.8 Å². The standard InChI is InChI=1S/C29H48O3/c1-17(19(3)27(4,5)32)26(31)18(2)23-10-11-24-22-9-8-20-16-21(30)12-14-28(20,6)25(22)13-15-29(23,24)7/h8,17,19,21-22,24-26,30-32H,9-16H2,1-7H3/t17?,19-,21?,22-,24-,25-,26?,28-,29+/m0/s1. The minimum atomic E-state index is -0.791. The molecule has 3 heteroatoms. The van der Waals surface area contributed by atoms with Crippen molar-refractivity contribution in [2.45, 2.75) is 118 Å². The molecule has 0 aromatic heterocycles. The summed E-state index contributed by atoms with van der Waals surface area (Å²) in [6.45, 7) is 15.0. The zero-order chi connectivity index (χ0) is 23.6. The Kier molecular flexibility index (Phi) is 6.30. The first-order chi connectivity index (χ1) is 14.8. The molecule has 3 nitrogen and oxygen atoms in total. The number of allylic oxidation sites excluding steroid dienone is 2. The van der Waals surface area contributed by atoms with Crippen molar-refractivity contribution in [3.8, 4) is 0 Å². The SMILES string of the molecule is CC(=C1CC[C@H]2[C@@H]3CC=C4CC(O)CC[C@]4(C)[C@H]3CC[C@]12C)C(O)C(C)[C@H](C)C(C)(C)O. The molecule has 0 bridgehead atoms. The summed E-state index contributed by atoms with van der Waals surface area (Å²) < 4.78 is 0. The van der Waals surface area contributed by atoms with Gasteiger partial charge in [-0.3, -0.25) is 0 Å². The van der Waals surface area contributed by atoms with E-state index in [0.29, 0.717) is 5.92 Å². The molecule has 182 valence electrons. The van der Waals surface area contributed by atoms with Gasteiger partial charge >= 0.3 is 0 Å². The first-order valence-electron chi connectivity index (χ1n) is 13.3. The van der Waals surface area contributed by atoms with Crippen LogP contribution in [0, 0.1) is 40.4 Å². The predicted octanol–water partition coefficient (Wildman–Crippen LogP) is 6.03. The molecule has 0 spiro atoms. The molecule has 32 heavy (non-hydrogen) atoms. The fourth-order valence-corrected chi connectivity index (χ4v) is 8.59. The molecule has 4 aliphatic rings. The van der Waals surface area contributed by atoms with E-state index < -0.39 is 11.7 Å². The number of aliphatic hydroxyl groups is 3. The topological polar surface area (TPSA) is 60.7 Å². The summed E-state index contributed by atoms with van der Waals surface area (Å²) in [6.07, 6.45) is 10.9. The van der Waals surface area contributed by atoms with Crippen LogP contribution in [0.5, 0.6) is 0 Å². The molecule has 9 atom stereocenters. The van der Waals surface area contributed by atoms with Crippen LogP contribution in [0.2, 0.25) is 0 Å². The summed E-state index contributed by atoms with van der Waals surface area (Å²) in [6, 6.07) is 0. The quantitative estimate of drug-likeness (QED) is 0.464. The largest absolute Gasteiger partial charge is 0.393 e. The van der Waals surface area contributed by atoms with Crippen LogP contribution in [0.1, 0.15) is 99.8 Å². The first-order valence-corrected chi connectivity index (χ1v) is 13.3. The summed E-state index contributed by atoms with van der Waals surface area (Å²) >= 11 is 0. The van der Waals surface area contributed by atoms with Gasteiger partial charge in [-0.25, -0.2) is 0 Å². The van der Waals surface area contributed by atoms with Gasteiger partial charge in [0.2, 0.25) is 0 Å². The lowest BCUT2D eigenvalue weighted by molar-refractivity contribution is -0.0305. The third-order valence-electron chi connectivity index (χ3n) is 11.2. The summed E-state index contributed by atoms with van der Waals surface area (Å²) in [5.74, 6) is 2.22. The highest BCUT2D eigenvalue weighted by Gasteiger charge is 2.57. The predicted molar refractivity (Wildman–Crippen MR) is 131 cm³/mol. The molecular formula is C29H48O3. The number of fused-ring (bicyclic) bond motifs is 5. The second kappa shape index (κ2) is 8.24. The van der Waals surface area contributed by atoms with Gasteiger partial charge in [-0.2, -0.15) is 0 Å². The second-order valence-electron chi connectivity index (χ2n) is 13.1. The molecule has 0 aliphatic heterocycles. The fraction of sp³-hybridized carbons (Fsp3) is 0.862. The molecule has 0 heterocycles. The summed E-state index contributed by atoms with van der Waals surface area (Å²) in [5.41, 5.74) is 3.91. The van der Waals surface area contributed by atoms with Crippen molar-refractivity contribution in [1.82, 2.24) is 0 Å². The normalized spacial score (nSPS) is 44.0. The number of rotatable bonds is 4. The second-order valence-corrected chi connectivity index (χ2v) is 13.1. The third kappa shape index (κ3) is 3.75. The molecule has 3 saturated carbocycles. The first kappa shape index (κ1) is 24.5. The zero-order valence-electron chi connectivity index (χ0n) is 21.6. The average molecular weight is 445 g/mol. The molecule has 0 radical (unpaired) electrons. The van der Waals surface area contributed by atoms with Crippen molar-refractivity contribution in [1.29, 1.82) is 0 Å². The Morgan fingerprint density at radius 1 is 1.06 bits per heavy atom. The molecule has 0 saturated heterocycles. The Labute approximate surface area is 196 Å². The van der Waals surface area contributed by atoms with Gasteiger partial charge in [-0.1, -0.05) is 44.9 Å². The maximum Gasteiger partial charge on any atom is 0.0779 e. The van der Waals surface area contributed by atoms with Crippen LogP contribution in [0.4, 0.5) is 0 Å². The molecule has 0 amide bonds. The van der Waals surface area contributed by atoms with E-state index in [1.165, 1.54) is 42.4 Å². The summed E-state index contributed by atoms with van der Waals surface area (Å²) in [5, 5.41) is 32.1. The van der Waals surface area contributed by atoms with E-state index in [4.69, 9.17) is 0 Å². The highest BCUT2D eigenvalue weighted by molar-refractivity contribution is 5.33. The monoisotopic (exact) mass is 444 g/mol. The molecule has 0 aromatic rings. The van der Waals surface area contributed by atoms with E-state index in [0.717, 1.165) is 37.5 Å². The molecule has 3 unspecified atom stereocenters. The maximum absolute atomic E-state index is 11.3. The lowest BCUT2D eigenvalue weighted by atomic mass is 9.47. The Morgan fingerprint density at radius 2 is 1.69 bits per heavy atom. The number of hydrogen-bond donors (Lipinski definition) is 3. The average Bonchev–Trinajstić information content (AvgIpc) is 3.08. The molecule has 4 rings (SSSR count). The Morgan fingerprint density at radius 3 is 2.34 bits per heavy atom. The van der Waals surface area contributed by atoms with Gasteiger partial charge in [0.15, 0.2) is 0 Å². The van der Waals surface area contributed by atoms with Crippen molar-refractivity contribution in [2.24, 2.45) is 40.4 Å². The molecule has 0 aromatic carbocycles. The number of hydrogen-bond acceptors (Lipinski definition) is 3. The molecular weight excluding hydrogens is 396 g/mol. The smallest absolute Gasteiger partial charge is 0.0779 e. The van der Waals surface area contributed by atoms with Gasteiger partial charge in [0.1, 0.15) is 0 Å². The van der Waals surface area contributed by atoms with E-state index in [-0.39, 0.29) is 28.8 Å². The number of aliphatic hydroxyl groups excluding tert-OH is 2. The summed E-state index contributed by atoms with van der Waals surface area (Å²) in [4.78, 5) is 0. The van der Waals surface area contributed by atoms with Crippen molar-refractivity contribution in [2.75, 3.05) is 0 Å². The van der Waals surface area contributed by atoms with Crippen LogP contribution in [0.25, 0.3) is 0 Å².